The van der Waals surface area contributed by atoms with E-state index in [-0.39, 0.29) is 12.4 Å². The average molecular weight is 236 g/mol. The molecule has 0 aromatic heterocycles. The first-order chi connectivity index (χ1) is 6.56. The first kappa shape index (κ1) is 11.6. The van der Waals surface area contributed by atoms with Crippen molar-refractivity contribution in [2.75, 3.05) is 6.61 Å². The molecule has 0 saturated heterocycles. The van der Waals surface area contributed by atoms with E-state index in [9.17, 15) is 5.11 Å². The van der Waals surface area contributed by atoms with Crippen molar-refractivity contribution < 1.29 is 10.2 Å². The lowest BCUT2D eigenvalue weighted by atomic mass is 10.0. The molecule has 0 unspecified atom stereocenters. The Hall–Kier alpha value is -0.480. The largest absolute Gasteiger partial charge is 0.508 e. The Balaban J connectivity index is 3.07. The van der Waals surface area contributed by atoms with Crippen molar-refractivity contribution in [3.63, 3.8) is 0 Å². The van der Waals surface area contributed by atoms with E-state index in [1.54, 1.807) is 0 Å². The molecule has 0 fully saturated rings. The van der Waals surface area contributed by atoms with Gasteiger partial charge in [-0.15, -0.1) is 0 Å². The molecule has 0 aliphatic rings. The lowest BCUT2D eigenvalue weighted by Gasteiger charge is -2.14. The number of phenolic OH excluding ortho intramolecular Hbond substituents is 1. The summed E-state index contributed by atoms with van der Waals surface area (Å²) in [5, 5.41) is 18.9. The van der Waals surface area contributed by atoms with Gasteiger partial charge in [-0.25, -0.2) is 0 Å². The highest BCUT2D eigenvalue weighted by Crippen LogP contribution is 2.34. The van der Waals surface area contributed by atoms with Gasteiger partial charge in [-0.3, -0.25) is 0 Å². The van der Waals surface area contributed by atoms with Crippen LogP contribution in [0.15, 0.2) is 12.1 Å². The molecule has 0 aliphatic carbocycles. The molecule has 0 bridgehead atoms. The quantitative estimate of drug-likeness (QED) is 0.752. The number of nitrogens with two attached hydrogens (primary N) is 1. The van der Waals surface area contributed by atoms with E-state index in [0.29, 0.717) is 22.0 Å². The van der Waals surface area contributed by atoms with Crippen molar-refractivity contribution >= 4 is 23.2 Å². The molecule has 0 aliphatic heterocycles. The molecule has 0 radical (unpaired) electrons. The van der Waals surface area contributed by atoms with Gasteiger partial charge in [0.25, 0.3) is 0 Å². The molecular weight excluding hydrogens is 225 g/mol. The van der Waals surface area contributed by atoms with Gasteiger partial charge in [0.1, 0.15) is 5.75 Å². The average Bonchev–Trinajstić information content (AvgIpc) is 2.01. The highest BCUT2D eigenvalue weighted by molar-refractivity contribution is 6.35. The van der Waals surface area contributed by atoms with E-state index in [1.165, 1.54) is 12.1 Å². The molecule has 0 spiro atoms. The third-order valence-electron chi connectivity index (χ3n) is 1.88. The van der Waals surface area contributed by atoms with E-state index in [0.717, 1.165) is 0 Å². The predicted octanol–water partition coefficient (Wildman–Crippen LogP) is 2.08. The summed E-state index contributed by atoms with van der Waals surface area (Å²) in [7, 11) is 0. The smallest absolute Gasteiger partial charge is 0.123 e. The van der Waals surface area contributed by atoms with Crippen molar-refractivity contribution in [2.45, 2.75) is 12.5 Å². The molecule has 1 atom stereocenters. The monoisotopic (exact) mass is 235 g/mol. The van der Waals surface area contributed by atoms with Crippen molar-refractivity contribution in [1.29, 1.82) is 0 Å². The van der Waals surface area contributed by atoms with E-state index in [4.69, 9.17) is 34.0 Å². The van der Waals surface area contributed by atoms with Crippen LogP contribution in [0.2, 0.25) is 10.0 Å². The topological polar surface area (TPSA) is 66.5 Å². The lowest BCUT2D eigenvalue weighted by molar-refractivity contribution is 0.275. The number of halogens is 2. The molecule has 1 rings (SSSR count). The van der Waals surface area contributed by atoms with Gasteiger partial charge in [0.15, 0.2) is 0 Å². The molecule has 0 heterocycles. The summed E-state index contributed by atoms with van der Waals surface area (Å²) in [5.74, 6) is -0.0385. The highest BCUT2D eigenvalue weighted by atomic mass is 35.5. The molecule has 1 aromatic carbocycles. The van der Waals surface area contributed by atoms with Crippen LogP contribution < -0.4 is 5.73 Å². The molecular formula is C9H11Cl2NO2. The minimum atomic E-state index is -0.482. The van der Waals surface area contributed by atoms with Crippen molar-refractivity contribution in [3.05, 3.63) is 27.7 Å². The van der Waals surface area contributed by atoms with Gasteiger partial charge in [-0.2, -0.15) is 0 Å². The van der Waals surface area contributed by atoms with Crippen LogP contribution in [0.25, 0.3) is 0 Å². The van der Waals surface area contributed by atoms with Gasteiger partial charge in [0.2, 0.25) is 0 Å². The number of benzene rings is 1. The number of hydrogen-bond donors (Lipinski definition) is 3. The zero-order valence-corrected chi connectivity index (χ0v) is 8.89. The summed E-state index contributed by atoms with van der Waals surface area (Å²) in [4.78, 5) is 0. The maximum Gasteiger partial charge on any atom is 0.123 e. The number of aromatic hydroxyl groups is 1. The first-order valence-corrected chi connectivity index (χ1v) is 4.86. The van der Waals surface area contributed by atoms with Gasteiger partial charge in [0.05, 0.1) is 5.02 Å². The predicted molar refractivity (Wildman–Crippen MR) is 56.8 cm³/mol. The Bertz CT molecular complexity index is 308. The molecule has 1 aromatic rings. The molecule has 0 amide bonds. The molecule has 0 saturated carbocycles. The van der Waals surface area contributed by atoms with Crippen LogP contribution in [0.1, 0.15) is 18.0 Å². The van der Waals surface area contributed by atoms with Crippen molar-refractivity contribution in [2.24, 2.45) is 5.73 Å². The second-order valence-electron chi connectivity index (χ2n) is 2.94. The normalized spacial score (nSPS) is 12.9. The van der Waals surface area contributed by atoms with Crippen LogP contribution in [0, 0.1) is 0 Å². The van der Waals surface area contributed by atoms with Crippen molar-refractivity contribution in [3.8, 4) is 5.75 Å². The minimum Gasteiger partial charge on any atom is -0.508 e. The van der Waals surface area contributed by atoms with Crippen LogP contribution >= 0.6 is 23.2 Å². The summed E-state index contributed by atoms with van der Waals surface area (Å²) in [6.45, 7) is -0.0560. The third-order valence-corrected chi connectivity index (χ3v) is 2.41. The van der Waals surface area contributed by atoms with Crippen LogP contribution in [0.3, 0.4) is 0 Å². The lowest BCUT2D eigenvalue weighted by Crippen LogP contribution is -2.12. The molecule has 14 heavy (non-hydrogen) atoms. The number of aliphatic hydroxyl groups is 1. The Morgan fingerprint density at radius 1 is 1.36 bits per heavy atom. The molecule has 3 nitrogen and oxygen atoms in total. The van der Waals surface area contributed by atoms with Crippen LogP contribution in [0.4, 0.5) is 0 Å². The van der Waals surface area contributed by atoms with Crippen LogP contribution in [-0.4, -0.2) is 16.8 Å². The van der Waals surface area contributed by atoms with Gasteiger partial charge < -0.3 is 15.9 Å². The number of aliphatic hydroxyl groups excluding tert-OH is 1. The minimum absolute atomic E-state index is 0.0385. The summed E-state index contributed by atoms with van der Waals surface area (Å²) < 4.78 is 0. The van der Waals surface area contributed by atoms with Gasteiger partial charge in [-0.05, 0) is 18.6 Å². The fourth-order valence-electron chi connectivity index (χ4n) is 1.22. The molecule has 5 heteroatoms. The van der Waals surface area contributed by atoms with E-state index < -0.39 is 6.04 Å². The second-order valence-corrected chi connectivity index (χ2v) is 3.78. The maximum atomic E-state index is 9.54. The summed E-state index contributed by atoms with van der Waals surface area (Å²) in [5.41, 5.74) is 6.13. The van der Waals surface area contributed by atoms with Crippen LogP contribution in [-0.2, 0) is 0 Å². The fourth-order valence-corrected chi connectivity index (χ4v) is 1.84. The Morgan fingerprint density at radius 3 is 2.50 bits per heavy atom. The Kier molecular flexibility index (Phi) is 4.01. The second kappa shape index (κ2) is 4.84. The van der Waals surface area contributed by atoms with E-state index in [1.807, 2.05) is 0 Å². The summed E-state index contributed by atoms with van der Waals surface area (Å²) in [6.07, 6.45) is 0.342. The van der Waals surface area contributed by atoms with Gasteiger partial charge in [0, 0.05) is 23.2 Å². The van der Waals surface area contributed by atoms with E-state index in [2.05, 4.69) is 0 Å². The Morgan fingerprint density at radius 2 is 2.00 bits per heavy atom. The SMILES string of the molecule is N[C@H](CCO)c1c(O)cc(Cl)cc1Cl. The maximum absolute atomic E-state index is 9.54. The number of hydrogen-bond acceptors (Lipinski definition) is 3. The third kappa shape index (κ3) is 2.51. The zero-order chi connectivity index (χ0) is 10.7. The van der Waals surface area contributed by atoms with Crippen molar-refractivity contribution in [1.82, 2.24) is 0 Å². The Labute approximate surface area is 92.1 Å². The summed E-state index contributed by atoms with van der Waals surface area (Å²) >= 11 is 11.5. The number of phenols is 1. The molecule has 4 N–H and O–H groups in total. The fraction of sp³-hybridized carbons (Fsp3) is 0.333. The summed E-state index contributed by atoms with van der Waals surface area (Å²) in [6, 6.07) is 2.40. The van der Waals surface area contributed by atoms with Gasteiger partial charge in [-0.1, -0.05) is 23.2 Å². The van der Waals surface area contributed by atoms with Crippen LogP contribution in [0.5, 0.6) is 5.75 Å². The van der Waals surface area contributed by atoms with Gasteiger partial charge >= 0.3 is 0 Å². The van der Waals surface area contributed by atoms with E-state index >= 15 is 0 Å². The standard InChI is InChI=1S/C9H11Cl2NO2/c10-5-3-6(11)9(8(14)4-5)7(12)1-2-13/h3-4,7,13-14H,1-2,12H2/t7-/m1/s1. The molecule has 78 valence electrons. The zero-order valence-electron chi connectivity index (χ0n) is 7.37. The first-order valence-electron chi connectivity index (χ1n) is 4.10. The number of rotatable bonds is 3. The highest BCUT2D eigenvalue weighted by Gasteiger charge is 2.15.